The third kappa shape index (κ3) is 2.31. The molecule has 0 saturated heterocycles. The van der Waals surface area contributed by atoms with Gasteiger partial charge in [-0.3, -0.25) is 0 Å². The summed E-state index contributed by atoms with van der Waals surface area (Å²) < 4.78 is 11.8. The van der Waals surface area contributed by atoms with Gasteiger partial charge >= 0.3 is 0 Å². The fourth-order valence-corrected chi connectivity index (χ4v) is 4.42. The summed E-state index contributed by atoms with van der Waals surface area (Å²) >= 11 is 0. The van der Waals surface area contributed by atoms with E-state index in [4.69, 9.17) is 9.47 Å². The highest BCUT2D eigenvalue weighted by molar-refractivity contribution is 5.69. The summed E-state index contributed by atoms with van der Waals surface area (Å²) in [6.45, 7) is 5.22. The Bertz CT molecular complexity index is 985. The molecule has 0 fully saturated rings. The number of anilines is 1. The quantitative estimate of drug-likeness (QED) is 0.726. The van der Waals surface area contributed by atoms with Crippen LogP contribution in [0.2, 0.25) is 0 Å². The largest absolute Gasteiger partial charge is 0.496 e. The Hall–Kier alpha value is -3.09. The minimum absolute atomic E-state index is 0.0699. The van der Waals surface area contributed by atoms with Gasteiger partial charge in [-0.05, 0) is 29.0 Å². The Kier molecular flexibility index (Phi) is 3.40. The molecule has 3 aromatic rings. The van der Waals surface area contributed by atoms with Crippen LogP contribution >= 0.6 is 0 Å². The average Bonchev–Trinajstić information content (AvgIpc) is 3.21. The molecule has 0 bridgehead atoms. The molecule has 7 heteroatoms. The van der Waals surface area contributed by atoms with Gasteiger partial charge in [-0.1, -0.05) is 32.0 Å². The van der Waals surface area contributed by atoms with E-state index in [0.29, 0.717) is 12.4 Å². The van der Waals surface area contributed by atoms with Crippen molar-refractivity contribution in [2.75, 3.05) is 19.0 Å². The first-order chi connectivity index (χ1) is 13.1. The van der Waals surface area contributed by atoms with Crippen LogP contribution in [0.25, 0.3) is 11.4 Å². The highest BCUT2D eigenvalue weighted by atomic mass is 16.5. The number of nitrogens with one attached hydrogen (secondary N) is 2. The van der Waals surface area contributed by atoms with E-state index < -0.39 is 0 Å². The number of methoxy groups -OCH3 is 1. The lowest BCUT2D eigenvalue weighted by Crippen LogP contribution is -2.46. The number of H-pyrrole nitrogens is 1. The minimum atomic E-state index is -0.0699. The number of hydrogen-bond donors (Lipinski definition) is 2. The molecule has 5 rings (SSSR count). The molecule has 2 aromatic carbocycles. The van der Waals surface area contributed by atoms with Gasteiger partial charge in [0.2, 0.25) is 5.82 Å². The van der Waals surface area contributed by atoms with Gasteiger partial charge in [-0.25, -0.2) is 0 Å². The van der Waals surface area contributed by atoms with E-state index in [2.05, 4.69) is 51.9 Å². The predicted octanol–water partition coefficient (Wildman–Crippen LogP) is 3.33. The molecule has 0 spiro atoms. The molecular formula is C20H21N5O2. The van der Waals surface area contributed by atoms with Crippen LogP contribution < -0.4 is 14.8 Å². The Morgan fingerprint density at radius 1 is 1.22 bits per heavy atom. The van der Waals surface area contributed by atoms with E-state index in [1.807, 2.05) is 24.3 Å². The van der Waals surface area contributed by atoms with Crippen molar-refractivity contribution in [3.05, 3.63) is 47.5 Å². The van der Waals surface area contributed by atoms with Crippen molar-refractivity contribution in [2.45, 2.75) is 25.3 Å². The molecule has 0 amide bonds. The van der Waals surface area contributed by atoms with Crippen LogP contribution in [0.1, 0.15) is 31.0 Å². The predicted molar refractivity (Wildman–Crippen MR) is 101 cm³/mol. The molecule has 2 N–H and O–H groups in total. The van der Waals surface area contributed by atoms with E-state index in [1.54, 1.807) is 7.11 Å². The molecule has 0 saturated carbocycles. The monoisotopic (exact) mass is 363 g/mol. The second-order valence-electron chi connectivity index (χ2n) is 7.63. The fraction of sp³-hybridized carbons (Fsp3) is 0.350. The molecule has 2 aliphatic heterocycles. The standard InChI is InChI=1S/C20H21N5O2/c1-20(2)12-8-7-11(19-22-24-25-23-19)9-14(12)21-18-13(20)10-27-16-6-4-5-15(26-3)17(16)18/h4-9,13,18,21H,10H2,1-3H3,(H,22,23,24,25)/t13-,18-/m0/s1. The second-order valence-corrected chi connectivity index (χ2v) is 7.63. The van der Waals surface area contributed by atoms with E-state index in [1.165, 1.54) is 5.56 Å². The Morgan fingerprint density at radius 3 is 2.89 bits per heavy atom. The first-order valence-corrected chi connectivity index (χ1v) is 9.04. The number of benzene rings is 2. The normalized spacial score (nSPS) is 21.9. The van der Waals surface area contributed by atoms with E-state index >= 15 is 0 Å². The van der Waals surface area contributed by atoms with Crippen molar-refractivity contribution in [3.8, 4) is 22.9 Å². The number of ether oxygens (including phenoxy) is 2. The molecule has 0 radical (unpaired) electrons. The van der Waals surface area contributed by atoms with Gasteiger partial charge in [0, 0.05) is 22.6 Å². The summed E-state index contributed by atoms with van der Waals surface area (Å²) in [5, 5.41) is 18.1. The molecule has 0 unspecified atom stereocenters. The lowest BCUT2D eigenvalue weighted by Gasteiger charge is -2.48. The molecule has 0 aliphatic carbocycles. The van der Waals surface area contributed by atoms with Crippen LogP contribution in [0.15, 0.2) is 36.4 Å². The maximum atomic E-state index is 6.12. The van der Waals surface area contributed by atoms with Gasteiger partial charge in [-0.2, -0.15) is 5.21 Å². The number of nitrogens with zero attached hydrogens (tertiary/aromatic N) is 3. The molecule has 27 heavy (non-hydrogen) atoms. The highest BCUT2D eigenvalue weighted by Gasteiger charge is 2.47. The average molecular weight is 363 g/mol. The molecule has 3 heterocycles. The van der Waals surface area contributed by atoms with Crippen molar-refractivity contribution in [2.24, 2.45) is 5.92 Å². The van der Waals surface area contributed by atoms with Crippen molar-refractivity contribution >= 4 is 5.69 Å². The number of aromatic nitrogens is 4. The van der Waals surface area contributed by atoms with Crippen LogP contribution in [-0.4, -0.2) is 34.3 Å². The van der Waals surface area contributed by atoms with Crippen LogP contribution in [0.4, 0.5) is 5.69 Å². The maximum absolute atomic E-state index is 6.12. The molecule has 2 aliphatic rings. The Labute approximate surface area is 157 Å². The van der Waals surface area contributed by atoms with Crippen molar-refractivity contribution < 1.29 is 9.47 Å². The van der Waals surface area contributed by atoms with E-state index in [0.717, 1.165) is 28.3 Å². The van der Waals surface area contributed by atoms with Crippen LogP contribution in [0.3, 0.4) is 0 Å². The van der Waals surface area contributed by atoms with Crippen molar-refractivity contribution in [1.82, 2.24) is 20.6 Å². The zero-order valence-corrected chi connectivity index (χ0v) is 15.5. The first-order valence-electron chi connectivity index (χ1n) is 9.04. The number of fused-ring (bicyclic) bond motifs is 4. The van der Waals surface area contributed by atoms with Gasteiger partial charge < -0.3 is 14.8 Å². The minimum Gasteiger partial charge on any atom is -0.496 e. The van der Waals surface area contributed by atoms with Gasteiger partial charge in [0.15, 0.2) is 0 Å². The maximum Gasteiger partial charge on any atom is 0.204 e. The van der Waals surface area contributed by atoms with Crippen LogP contribution in [0, 0.1) is 5.92 Å². The second kappa shape index (κ2) is 5.70. The van der Waals surface area contributed by atoms with Gasteiger partial charge in [-0.15, -0.1) is 10.2 Å². The fourth-order valence-electron chi connectivity index (χ4n) is 4.42. The van der Waals surface area contributed by atoms with Gasteiger partial charge in [0.05, 0.1) is 25.3 Å². The third-order valence-electron chi connectivity index (χ3n) is 5.93. The SMILES string of the molecule is COc1cccc2c1[C@H]1Nc3cc(-c4nn[nH]n4)ccc3C(C)(C)[C@H]1CO2. The van der Waals surface area contributed by atoms with Crippen LogP contribution in [0.5, 0.6) is 11.5 Å². The Balaban J connectivity index is 1.65. The molecule has 1 aromatic heterocycles. The third-order valence-corrected chi connectivity index (χ3v) is 5.93. The highest BCUT2D eigenvalue weighted by Crippen LogP contribution is 2.54. The first kappa shape index (κ1) is 16.1. The van der Waals surface area contributed by atoms with Crippen LogP contribution in [-0.2, 0) is 5.41 Å². The summed E-state index contributed by atoms with van der Waals surface area (Å²) in [6.07, 6.45) is 0. The summed E-state index contributed by atoms with van der Waals surface area (Å²) in [7, 11) is 1.70. The summed E-state index contributed by atoms with van der Waals surface area (Å²) in [4.78, 5) is 0. The molecule has 7 nitrogen and oxygen atoms in total. The lowest BCUT2D eigenvalue weighted by atomic mass is 9.65. The summed E-state index contributed by atoms with van der Waals surface area (Å²) in [5.74, 6) is 2.61. The summed E-state index contributed by atoms with van der Waals surface area (Å²) in [6, 6.07) is 12.4. The van der Waals surface area contributed by atoms with E-state index in [-0.39, 0.29) is 17.4 Å². The number of aromatic amines is 1. The number of rotatable bonds is 2. The zero-order chi connectivity index (χ0) is 18.6. The number of tetrazole rings is 1. The van der Waals surface area contributed by atoms with Gasteiger partial charge in [0.25, 0.3) is 0 Å². The molecular weight excluding hydrogens is 342 g/mol. The Morgan fingerprint density at radius 2 is 2.11 bits per heavy atom. The topological polar surface area (TPSA) is 85.0 Å². The lowest BCUT2D eigenvalue weighted by molar-refractivity contribution is 0.133. The van der Waals surface area contributed by atoms with Gasteiger partial charge in [0.1, 0.15) is 11.5 Å². The smallest absolute Gasteiger partial charge is 0.204 e. The van der Waals surface area contributed by atoms with Crippen molar-refractivity contribution in [1.29, 1.82) is 0 Å². The van der Waals surface area contributed by atoms with Crippen molar-refractivity contribution in [3.63, 3.8) is 0 Å². The number of hydrogen-bond acceptors (Lipinski definition) is 6. The zero-order valence-electron chi connectivity index (χ0n) is 15.5. The summed E-state index contributed by atoms with van der Waals surface area (Å²) in [5.41, 5.74) is 4.29. The molecule has 2 atom stereocenters. The van der Waals surface area contributed by atoms with E-state index in [9.17, 15) is 0 Å². The molecule has 138 valence electrons.